The van der Waals surface area contributed by atoms with Gasteiger partial charge in [-0.15, -0.1) is 0 Å². The molecule has 1 aliphatic rings. The molecule has 0 unspecified atom stereocenters. The highest BCUT2D eigenvalue weighted by molar-refractivity contribution is 6.30. The van der Waals surface area contributed by atoms with Crippen LogP contribution >= 0.6 is 11.6 Å². The summed E-state index contributed by atoms with van der Waals surface area (Å²) in [5.41, 5.74) is 0.169. The molecule has 18 heavy (non-hydrogen) atoms. The monoisotopic (exact) mass is 268 g/mol. The number of nitrogens with one attached hydrogen (secondary N) is 1. The van der Waals surface area contributed by atoms with E-state index in [0.29, 0.717) is 17.3 Å². The van der Waals surface area contributed by atoms with Gasteiger partial charge < -0.3 is 10.4 Å². The van der Waals surface area contributed by atoms with Gasteiger partial charge in [-0.2, -0.15) is 0 Å². The third-order valence-corrected chi connectivity index (χ3v) is 3.81. The molecule has 1 aromatic heterocycles. The first-order chi connectivity index (χ1) is 8.65. The van der Waals surface area contributed by atoms with Crippen LogP contribution in [0.15, 0.2) is 18.3 Å². The highest BCUT2D eigenvalue weighted by atomic mass is 35.5. The predicted octanol–water partition coefficient (Wildman–Crippen LogP) is 2.02. The molecule has 0 aliphatic heterocycles. The van der Waals surface area contributed by atoms with E-state index >= 15 is 0 Å². The number of pyridine rings is 1. The molecule has 0 aromatic carbocycles. The number of rotatable bonds is 4. The Morgan fingerprint density at radius 1 is 1.50 bits per heavy atom. The van der Waals surface area contributed by atoms with E-state index in [1.165, 1.54) is 12.3 Å². The van der Waals surface area contributed by atoms with Crippen molar-refractivity contribution < 1.29 is 9.90 Å². The number of hydrogen-bond acceptors (Lipinski definition) is 3. The van der Waals surface area contributed by atoms with E-state index in [4.69, 9.17) is 11.6 Å². The van der Waals surface area contributed by atoms with Crippen molar-refractivity contribution in [3.63, 3.8) is 0 Å². The Labute approximate surface area is 111 Å². The Bertz CT molecular complexity index is 431. The van der Waals surface area contributed by atoms with Crippen LogP contribution in [0.3, 0.4) is 0 Å². The van der Waals surface area contributed by atoms with Gasteiger partial charge in [0.1, 0.15) is 5.69 Å². The van der Waals surface area contributed by atoms with Crippen LogP contribution in [-0.2, 0) is 0 Å². The van der Waals surface area contributed by atoms with Crippen LogP contribution in [0.25, 0.3) is 0 Å². The number of carbonyl (C=O) groups is 1. The fraction of sp³-hybridized carbons (Fsp3) is 0.538. The molecule has 0 radical (unpaired) electrons. The number of aliphatic hydroxyl groups excluding tert-OH is 1. The zero-order valence-electron chi connectivity index (χ0n) is 10.2. The van der Waals surface area contributed by atoms with Crippen molar-refractivity contribution in [1.29, 1.82) is 0 Å². The zero-order valence-corrected chi connectivity index (χ0v) is 10.9. The Balaban J connectivity index is 1.96. The Hall–Kier alpha value is -1.13. The molecule has 2 N–H and O–H groups in total. The minimum atomic E-state index is -0.239. The van der Waals surface area contributed by atoms with Gasteiger partial charge in [0, 0.05) is 23.2 Å². The molecule has 0 spiro atoms. The third-order valence-electron chi connectivity index (χ3n) is 3.58. The SMILES string of the molecule is O=C(NCC1(CO)CCCC1)c1cc(Cl)ccn1. The lowest BCUT2D eigenvalue weighted by Gasteiger charge is -2.26. The van der Waals surface area contributed by atoms with E-state index < -0.39 is 0 Å². The molecule has 0 bridgehead atoms. The first-order valence-electron chi connectivity index (χ1n) is 6.16. The summed E-state index contributed by atoms with van der Waals surface area (Å²) in [6.45, 7) is 0.618. The molecule has 1 fully saturated rings. The summed E-state index contributed by atoms with van der Waals surface area (Å²) < 4.78 is 0. The maximum atomic E-state index is 11.9. The number of amides is 1. The second-order valence-corrected chi connectivity index (χ2v) is 5.34. The quantitative estimate of drug-likeness (QED) is 0.878. The molecule has 1 saturated carbocycles. The van der Waals surface area contributed by atoms with Crippen molar-refractivity contribution in [2.45, 2.75) is 25.7 Å². The number of aliphatic hydroxyl groups is 1. The molecular weight excluding hydrogens is 252 g/mol. The third kappa shape index (κ3) is 3.00. The van der Waals surface area contributed by atoms with Crippen LogP contribution in [-0.4, -0.2) is 29.1 Å². The summed E-state index contributed by atoms with van der Waals surface area (Å²) in [7, 11) is 0. The molecule has 2 rings (SSSR count). The molecule has 1 heterocycles. The lowest BCUT2D eigenvalue weighted by atomic mass is 9.87. The highest BCUT2D eigenvalue weighted by Gasteiger charge is 2.33. The van der Waals surface area contributed by atoms with E-state index in [-0.39, 0.29) is 17.9 Å². The van der Waals surface area contributed by atoms with Crippen LogP contribution < -0.4 is 5.32 Å². The van der Waals surface area contributed by atoms with Crippen molar-refractivity contribution in [3.8, 4) is 0 Å². The van der Waals surface area contributed by atoms with Crippen molar-refractivity contribution in [2.24, 2.45) is 5.41 Å². The normalized spacial score (nSPS) is 17.7. The number of hydrogen-bond donors (Lipinski definition) is 2. The Morgan fingerprint density at radius 3 is 2.83 bits per heavy atom. The topological polar surface area (TPSA) is 62.2 Å². The van der Waals surface area contributed by atoms with Gasteiger partial charge >= 0.3 is 0 Å². The summed E-state index contributed by atoms with van der Waals surface area (Å²) in [6.07, 6.45) is 5.67. The second kappa shape index (κ2) is 5.67. The first kappa shape index (κ1) is 13.3. The second-order valence-electron chi connectivity index (χ2n) is 4.91. The molecule has 4 nitrogen and oxygen atoms in total. The molecule has 5 heteroatoms. The fourth-order valence-corrected chi connectivity index (χ4v) is 2.56. The number of carbonyl (C=O) groups excluding carboxylic acids is 1. The van der Waals surface area contributed by atoms with Crippen molar-refractivity contribution in [1.82, 2.24) is 10.3 Å². The van der Waals surface area contributed by atoms with Crippen molar-refractivity contribution >= 4 is 17.5 Å². The summed E-state index contributed by atoms with van der Waals surface area (Å²) >= 11 is 5.81. The van der Waals surface area contributed by atoms with Gasteiger partial charge in [-0.05, 0) is 25.0 Å². The lowest BCUT2D eigenvalue weighted by molar-refractivity contribution is 0.0876. The molecule has 1 amide bonds. The fourth-order valence-electron chi connectivity index (χ4n) is 2.40. The molecule has 0 saturated heterocycles. The highest BCUT2D eigenvalue weighted by Crippen LogP contribution is 2.36. The summed E-state index contributed by atoms with van der Waals surface area (Å²) in [6, 6.07) is 3.17. The molecular formula is C13H17ClN2O2. The summed E-state index contributed by atoms with van der Waals surface area (Å²) in [5, 5.41) is 12.8. The average Bonchev–Trinajstić information content (AvgIpc) is 2.85. The minimum absolute atomic E-state index is 0.121. The van der Waals surface area contributed by atoms with Gasteiger partial charge in [-0.1, -0.05) is 24.4 Å². The Kier molecular flexibility index (Phi) is 4.19. The van der Waals surface area contributed by atoms with Gasteiger partial charge in [0.05, 0.1) is 6.61 Å². The van der Waals surface area contributed by atoms with Gasteiger partial charge in [0.25, 0.3) is 5.91 Å². The number of aromatic nitrogens is 1. The number of nitrogens with zero attached hydrogens (tertiary/aromatic N) is 1. The zero-order chi connectivity index (χ0) is 13.0. The van der Waals surface area contributed by atoms with Gasteiger partial charge in [0.15, 0.2) is 0 Å². The van der Waals surface area contributed by atoms with E-state index in [2.05, 4.69) is 10.3 Å². The van der Waals surface area contributed by atoms with Crippen LogP contribution in [0.1, 0.15) is 36.2 Å². The number of halogens is 1. The van der Waals surface area contributed by atoms with Gasteiger partial charge in [-0.3, -0.25) is 9.78 Å². The maximum Gasteiger partial charge on any atom is 0.269 e. The summed E-state index contributed by atoms with van der Waals surface area (Å²) in [4.78, 5) is 15.9. The standard InChI is InChI=1S/C13H17ClN2O2/c14-10-3-6-15-11(7-10)12(18)16-8-13(9-17)4-1-2-5-13/h3,6-7,17H,1-2,4-5,8-9H2,(H,16,18). The predicted molar refractivity (Wildman–Crippen MR) is 69.6 cm³/mol. The Morgan fingerprint density at radius 2 is 2.22 bits per heavy atom. The van der Waals surface area contributed by atoms with Crippen LogP contribution in [0, 0.1) is 5.41 Å². The largest absolute Gasteiger partial charge is 0.396 e. The smallest absolute Gasteiger partial charge is 0.269 e. The van der Waals surface area contributed by atoms with E-state index in [0.717, 1.165) is 25.7 Å². The molecule has 1 aromatic rings. The van der Waals surface area contributed by atoms with Crippen LogP contribution in [0.4, 0.5) is 0 Å². The van der Waals surface area contributed by atoms with E-state index in [1.807, 2.05) is 0 Å². The van der Waals surface area contributed by atoms with Crippen LogP contribution in [0.2, 0.25) is 5.02 Å². The minimum Gasteiger partial charge on any atom is -0.396 e. The van der Waals surface area contributed by atoms with Gasteiger partial charge in [-0.25, -0.2) is 0 Å². The van der Waals surface area contributed by atoms with E-state index in [9.17, 15) is 9.90 Å². The molecule has 98 valence electrons. The van der Waals surface area contributed by atoms with Gasteiger partial charge in [0.2, 0.25) is 0 Å². The first-order valence-corrected chi connectivity index (χ1v) is 6.54. The van der Waals surface area contributed by atoms with E-state index in [1.54, 1.807) is 6.07 Å². The molecule has 1 aliphatic carbocycles. The average molecular weight is 269 g/mol. The maximum absolute atomic E-state index is 11.9. The van der Waals surface area contributed by atoms with Crippen LogP contribution in [0.5, 0.6) is 0 Å². The van der Waals surface area contributed by atoms with Crippen molar-refractivity contribution in [2.75, 3.05) is 13.2 Å². The molecule has 0 atom stereocenters. The summed E-state index contributed by atoms with van der Waals surface area (Å²) in [5.74, 6) is -0.239. The van der Waals surface area contributed by atoms with Crippen molar-refractivity contribution in [3.05, 3.63) is 29.0 Å². The lowest BCUT2D eigenvalue weighted by Crippen LogP contribution is -2.38.